The van der Waals surface area contributed by atoms with Crippen LogP contribution in [-0.2, 0) is 15.6 Å². The Morgan fingerprint density at radius 2 is 2.18 bits per heavy atom. The lowest BCUT2D eigenvalue weighted by Gasteiger charge is -2.09. The Labute approximate surface area is 101 Å². The number of aliphatic hydroxyl groups is 1. The summed E-state index contributed by atoms with van der Waals surface area (Å²) in [5.74, 6) is 0.130. The van der Waals surface area contributed by atoms with E-state index >= 15 is 0 Å². The summed E-state index contributed by atoms with van der Waals surface area (Å²) < 4.78 is 28.4. The van der Waals surface area contributed by atoms with Gasteiger partial charge in [-0.25, -0.2) is 13.4 Å². The van der Waals surface area contributed by atoms with Crippen LogP contribution in [0.25, 0.3) is 0 Å². The molecule has 1 rings (SSSR count). The predicted molar refractivity (Wildman–Crippen MR) is 64.5 cm³/mol. The monoisotopic (exact) mass is 259 g/mol. The fraction of sp³-hybridized carbons (Fsp3) is 0.545. The highest BCUT2D eigenvalue weighted by atomic mass is 32.2. The molecule has 1 aromatic rings. The lowest BCUT2D eigenvalue weighted by Crippen LogP contribution is -2.18. The van der Waals surface area contributed by atoms with E-state index in [0.29, 0.717) is 11.4 Å². The lowest BCUT2D eigenvalue weighted by atomic mass is 10.2. The summed E-state index contributed by atoms with van der Waals surface area (Å²) in [5, 5.41) is 8.84. The van der Waals surface area contributed by atoms with E-state index in [2.05, 4.69) is 4.98 Å². The van der Waals surface area contributed by atoms with Crippen molar-refractivity contribution in [1.29, 1.82) is 0 Å². The van der Waals surface area contributed by atoms with Crippen LogP contribution in [0.3, 0.4) is 0 Å². The third-order valence-corrected chi connectivity index (χ3v) is 4.09. The molecule has 0 spiro atoms. The zero-order valence-corrected chi connectivity index (χ0v) is 10.8. The summed E-state index contributed by atoms with van der Waals surface area (Å²) in [6, 6.07) is 3.30. The average Bonchev–Trinajstić information content (AvgIpc) is 2.28. The number of hydrogen-bond acceptors (Lipinski definition) is 5. The molecule has 0 aliphatic carbocycles. The first-order chi connectivity index (χ1) is 7.96. The van der Waals surface area contributed by atoms with Gasteiger partial charge in [-0.05, 0) is 11.5 Å². The van der Waals surface area contributed by atoms with Gasteiger partial charge in [0.25, 0.3) is 0 Å². The van der Waals surface area contributed by atoms with Gasteiger partial charge < -0.3 is 9.84 Å². The second-order valence-corrected chi connectivity index (χ2v) is 6.16. The number of aromatic nitrogens is 1. The molecule has 0 aliphatic heterocycles. The summed E-state index contributed by atoms with van der Waals surface area (Å²) >= 11 is 0. The molecule has 1 atom stereocenters. The highest BCUT2D eigenvalue weighted by molar-refractivity contribution is 7.90. The standard InChI is InChI=1S/C11H17NO4S/c1-9(6-13)7-17(14,15)8-10-3-4-11(16-2)12-5-10/h3-5,9,13H,6-8H2,1-2H3. The number of ether oxygens (including phenoxy) is 1. The van der Waals surface area contributed by atoms with Crippen molar-refractivity contribution in [2.45, 2.75) is 12.7 Å². The minimum atomic E-state index is -3.21. The topological polar surface area (TPSA) is 76.5 Å². The molecule has 0 saturated heterocycles. The number of nitrogens with zero attached hydrogens (tertiary/aromatic N) is 1. The molecule has 0 aliphatic rings. The van der Waals surface area contributed by atoms with E-state index in [0.717, 1.165) is 0 Å². The van der Waals surface area contributed by atoms with Crippen LogP contribution >= 0.6 is 0 Å². The molecule has 96 valence electrons. The van der Waals surface area contributed by atoms with E-state index in [4.69, 9.17) is 9.84 Å². The molecule has 0 radical (unpaired) electrons. The zero-order chi connectivity index (χ0) is 12.9. The van der Waals surface area contributed by atoms with Crippen LogP contribution in [0.2, 0.25) is 0 Å². The number of pyridine rings is 1. The van der Waals surface area contributed by atoms with E-state index in [9.17, 15) is 8.42 Å². The van der Waals surface area contributed by atoms with E-state index in [1.165, 1.54) is 13.3 Å². The van der Waals surface area contributed by atoms with Crippen molar-refractivity contribution >= 4 is 9.84 Å². The number of hydrogen-bond donors (Lipinski definition) is 1. The van der Waals surface area contributed by atoms with Gasteiger partial charge in [-0.2, -0.15) is 0 Å². The largest absolute Gasteiger partial charge is 0.481 e. The van der Waals surface area contributed by atoms with Gasteiger partial charge in [-0.15, -0.1) is 0 Å². The van der Waals surface area contributed by atoms with E-state index in [1.54, 1.807) is 19.1 Å². The van der Waals surface area contributed by atoms with E-state index in [1.807, 2.05) is 0 Å². The molecule has 0 aromatic carbocycles. The molecule has 1 N–H and O–H groups in total. The maximum atomic E-state index is 11.8. The quantitative estimate of drug-likeness (QED) is 0.811. The Bertz CT molecular complexity index is 441. The Balaban J connectivity index is 2.69. The molecule has 5 nitrogen and oxygen atoms in total. The third-order valence-electron chi connectivity index (χ3n) is 2.24. The lowest BCUT2D eigenvalue weighted by molar-refractivity contribution is 0.249. The number of aliphatic hydroxyl groups excluding tert-OH is 1. The minimum Gasteiger partial charge on any atom is -0.481 e. The van der Waals surface area contributed by atoms with Crippen LogP contribution in [0.5, 0.6) is 5.88 Å². The molecule has 0 bridgehead atoms. The normalized spacial score (nSPS) is 13.4. The second-order valence-electron chi connectivity index (χ2n) is 4.05. The molecule has 1 unspecified atom stereocenters. The van der Waals surface area contributed by atoms with Gasteiger partial charge >= 0.3 is 0 Å². The molecule has 0 saturated carbocycles. The first kappa shape index (κ1) is 13.9. The maximum Gasteiger partial charge on any atom is 0.212 e. The van der Waals surface area contributed by atoms with Gasteiger partial charge in [0.1, 0.15) is 0 Å². The van der Waals surface area contributed by atoms with Crippen LogP contribution in [-0.4, -0.2) is 38.0 Å². The molecule has 17 heavy (non-hydrogen) atoms. The fourth-order valence-electron chi connectivity index (χ4n) is 1.42. The molecular formula is C11H17NO4S. The maximum absolute atomic E-state index is 11.8. The average molecular weight is 259 g/mol. The van der Waals surface area contributed by atoms with Gasteiger partial charge in [0.15, 0.2) is 9.84 Å². The summed E-state index contributed by atoms with van der Waals surface area (Å²) in [4.78, 5) is 3.94. The number of rotatable bonds is 6. The highest BCUT2D eigenvalue weighted by Crippen LogP contribution is 2.12. The van der Waals surface area contributed by atoms with Crippen molar-refractivity contribution < 1.29 is 18.3 Å². The Kier molecular flexibility index (Phi) is 4.89. The van der Waals surface area contributed by atoms with Gasteiger partial charge in [-0.3, -0.25) is 0 Å². The van der Waals surface area contributed by atoms with Crippen LogP contribution in [0, 0.1) is 5.92 Å². The number of sulfone groups is 1. The second kappa shape index (κ2) is 5.97. The van der Waals surface area contributed by atoms with Gasteiger partial charge in [-0.1, -0.05) is 13.0 Å². The molecule has 0 amide bonds. The molecule has 0 fully saturated rings. The third kappa shape index (κ3) is 4.70. The van der Waals surface area contributed by atoms with Crippen molar-refractivity contribution in [1.82, 2.24) is 4.98 Å². The molecule has 6 heteroatoms. The van der Waals surface area contributed by atoms with Gasteiger partial charge in [0.2, 0.25) is 5.88 Å². The fourth-order valence-corrected chi connectivity index (χ4v) is 3.18. The van der Waals surface area contributed by atoms with Gasteiger partial charge in [0.05, 0.1) is 18.6 Å². The van der Waals surface area contributed by atoms with Crippen LogP contribution in [0.1, 0.15) is 12.5 Å². The number of methoxy groups -OCH3 is 1. The van der Waals surface area contributed by atoms with Crippen molar-refractivity contribution in [3.8, 4) is 5.88 Å². The molecule has 1 aromatic heterocycles. The smallest absolute Gasteiger partial charge is 0.212 e. The highest BCUT2D eigenvalue weighted by Gasteiger charge is 2.16. The Hall–Kier alpha value is -1.14. The van der Waals surface area contributed by atoms with Crippen LogP contribution < -0.4 is 4.74 Å². The van der Waals surface area contributed by atoms with Crippen molar-refractivity contribution in [3.63, 3.8) is 0 Å². The van der Waals surface area contributed by atoms with Crippen molar-refractivity contribution in [2.75, 3.05) is 19.5 Å². The molecule has 1 heterocycles. The summed E-state index contributed by atoms with van der Waals surface area (Å²) in [6.45, 7) is 1.57. The van der Waals surface area contributed by atoms with Crippen molar-refractivity contribution in [3.05, 3.63) is 23.9 Å². The first-order valence-corrected chi connectivity index (χ1v) is 7.09. The Morgan fingerprint density at radius 3 is 2.65 bits per heavy atom. The van der Waals surface area contributed by atoms with Crippen LogP contribution in [0.15, 0.2) is 18.3 Å². The van der Waals surface area contributed by atoms with Gasteiger partial charge in [0, 0.05) is 18.9 Å². The Morgan fingerprint density at radius 1 is 1.47 bits per heavy atom. The van der Waals surface area contributed by atoms with E-state index in [-0.39, 0.29) is 24.0 Å². The van der Waals surface area contributed by atoms with E-state index < -0.39 is 9.84 Å². The minimum absolute atomic E-state index is 0.0183. The predicted octanol–water partition coefficient (Wildman–Crippen LogP) is 0.633. The zero-order valence-electron chi connectivity index (χ0n) is 9.96. The summed E-state index contributed by atoms with van der Waals surface area (Å²) in [5.41, 5.74) is 0.621. The molecular weight excluding hydrogens is 242 g/mol. The first-order valence-electron chi connectivity index (χ1n) is 5.27. The summed E-state index contributed by atoms with van der Waals surface area (Å²) in [6.07, 6.45) is 1.49. The van der Waals surface area contributed by atoms with Crippen molar-refractivity contribution in [2.24, 2.45) is 5.92 Å². The van der Waals surface area contributed by atoms with Crippen LogP contribution in [0.4, 0.5) is 0 Å². The summed E-state index contributed by atoms with van der Waals surface area (Å²) in [7, 11) is -1.70. The SMILES string of the molecule is COc1ccc(CS(=O)(=O)CC(C)CO)cn1.